The SMILES string of the molecule is CCCn1nccc1C(N)CCO. The van der Waals surface area contributed by atoms with Crippen molar-refractivity contribution in [1.82, 2.24) is 9.78 Å². The summed E-state index contributed by atoms with van der Waals surface area (Å²) in [5.41, 5.74) is 6.87. The van der Waals surface area contributed by atoms with Crippen LogP contribution in [0, 0.1) is 0 Å². The Kier molecular flexibility index (Phi) is 3.92. The van der Waals surface area contributed by atoms with Gasteiger partial charge in [0.2, 0.25) is 0 Å². The van der Waals surface area contributed by atoms with Gasteiger partial charge < -0.3 is 10.8 Å². The van der Waals surface area contributed by atoms with Crippen LogP contribution in [0.3, 0.4) is 0 Å². The molecule has 1 aromatic heterocycles. The molecule has 1 rings (SSSR count). The number of rotatable bonds is 5. The van der Waals surface area contributed by atoms with Crippen LogP contribution in [-0.4, -0.2) is 21.5 Å². The number of hydrogen-bond acceptors (Lipinski definition) is 3. The van der Waals surface area contributed by atoms with Gasteiger partial charge in [-0.15, -0.1) is 0 Å². The zero-order valence-corrected chi connectivity index (χ0v) is 7.98. The van der Waals surface area contributed by atoms with E-state index in [1.54, 1.807) is 6.20 Å². The second kappa shape index (κ2) is 4.99. The van der Waals surface area contributed by atoms with E-state index in [2.05, 4.69) is 12.0 Å². The lowest BCUT2D eigenvalue weighted by atomic mass is 10.1. The topological polar surface area (TPSA) is 64.1 Å². The number of hydrogen-bond donors (Lipinski definition) is 2. The highest BCUT2D eigenvalue weighted by molar-refractivity contribution is 5.05. The largest absolute Gasteiger partial charge is 0.396 e. The van der Waals surface area contributed by atoms with Crippen molar-refractivity contribution in [3.63, 3.8) is 0 Å². The van der Waals surface area contributed by atoms with Crippen LogP contribution in [-0.2, 0) is 6.54 Å². The summed E-state index contributed by atoms with van der Waals surface area (Å²) >= 11 is 0. The van der Waals surface area contributed by atoms with Gasteiger partial charge in [-0.2, -0.15) is 5.10 Å². The van der Waals surface area contributed by atoms with Crippen molar-refractivity contribution in [2.45, 2.75) is 32.4 Å². The van der Waals surface area contributed by atoms with E-state index < -0.39 is 0 Å². The molecule has 0 fully saturated rings. The molecule has 0 saturated carbocycles. The van der Waals surface area contributed by atoms with Gasteiger partial charge in [-0.25, -0.2) is 0 Å². The third-order valence-corrected chi connectivity index (χ3v) is 2.00. The Labute approximate surface area is 78.4 Å². The van der Waals surface area contributed by atoms with Gasteiger partial charge in [-0.1, -0.05) is 6.92 Å². The van der Waals surface area contributed by atoms with Crippen LogP contribution in [0.5, 0.6) is 0 Å². The fourth-order valence-electron chi connectivity index (χ4n) is 1.34. The van der Waals surface area contributed by atoms with Gasteiger partial charge in [0.15, 0.2) is 0 Å². The van der Waals surface area contributed by atoms with Crippen LogP contribution in [0.1, 0.15) is 31.5 Å². The molecule has 1 atom stereocenters. The maximum absolute atomic E-state index is 8.75. The maximum atomic E-state index is 8.75. The quantitative estimate of drug-likeness (QED) is 0.705. The number of nitrogens with zero attached hydrogens (tertiary/aromatic N) is 2. The molecule has 0 radical (unpaired) electrons. The van der Waals surface area contributed by atoms with Crippen LogP contribution >= 0.6 is 0 Å². The Bertz CT molecular complexity index is 247. The van der Waals surface area contributed by atoms with Crippen LogP contribution in [0.25, 0.3) is 0 Å². The van der Waals surface area contributed by atoms with Crippen LogP contribution in [0.4, 0.5) is 0 Å². The minimum Gasteiger partial charge on any atom is -0.396 e. The van der Waals surface area contributed by atoms with Crippen molar-refractivity contribution in [1.29, 1.82) is 0 Å². The van der Waals surface area contributed by atoms with E-state index in [0.29, 0.717) is 6.42 Å². The number of nitrogens with two attached hydrogens (primary N) is 1. The summed E-state index contributed by atoms with van der Waals surface area (Å²) < 4.78 is 1.90. The van der Waals surface area contributed by atoms with Gasteiger partial charge in [0.05, 0.1) is 5.69 Å². The summed E-state index contributed by atoms with van der Waals surface area (Å²) in [4.78, 5) is 0. The Hall–Kier alpha value is -0.870. The fraction of sp³-hybridized carbons (Fsp3) is 0.667. The van der Waals surface area contributed by atoms with Gasteiger partial charge in [-0.3, -0.25) is 4.68 Å². The second-order valence-electron chi connectivity index (χ2n) is 3.10. The third-order valence-electron chi connectivity index (χ3n) is 2.00. The summed E-state index contributed by atoms with van der Waals surface area (Å²) in [6.07, 6.45) is 3.39. The first kappa shape index (κ1) is 10.2. The van der Waals surface area contributed by atoms with Crippen LogP contribution in [0.15, 0.2) is 12.3 Å². The van der Waals surface area contributed by atoms with Crippen molar-refractivity contribution < 1.29 is 5.11 Å². The first-order valence-corrected chi connectivity index (χ1v) is 4.67. The van der Waals surface area contributed by atoms with E-state index in [-0.39, 0.29) is 12.6 Å². The van der Waals surface area contributed by atoms with Gasteiger partial charge in [0.1, 0.15) is 0 Å². The van der Waals surface area contributed by atoms with Crippen molar-refractivity contribution in [2.24, 2.45) is 5.73 Å². The molecule has 4 nitrogen and oxygen atoms in total. The first-order valence-electron chi connectivity index (χ1n) is 4.67. The molecule has 1 heterocycles. The zero-order valence-electron chi connectivity index (χ0n) is 7.98. The average Bonchev–Trinajstić information content (AvgIpc) is 2.54. The zero-order chi connectivity index (χ0) is 9.68. The van der Waals surface area contributed by atoms with Crippen LogP contribution < -0.4 is 5.73 Å². The highest BCUT2D eigenvalue weighted by Crippen LogP contribution is 2.12. The molecule has 1 aromatic rings. The van der Waals surface area contributed by atoms with Gasteiger partial charge in [0.25, 0.3) is 0 Å². The summed E-state index contributed by atoms with van der Waals surface area (Å²) in [7, 11) is 0. The van der Waals surface area contributed by atoms with E-state index in [9.17, 15) is 0 Å². The van der Waals surface area contributed by atoms with Crippen LogP contribution in [0.2, 0.25) is 0 Å². The molecule has 0 aliphatic heterocycles. The fourth-order valence-corrected chi connectivity index (χ4v) is 1.34. The lowest BCUT2D eigenvalue weighted by Gasteiger charge is -2.12. The highest BCUT2D eigenvalue weighted by atomic mass is 16.3. The molecule has 1 unspecified atom stereocenters. The van der Waals surface area contributed by atoms with Crippen molar-refractivity contribution >= 4 is 0 Å². The summed E-state index contributed by atoms with van der Waals surface area (Å²) in [5, 5.41) is 12.9. The Balaban J connectivity index is 2.68. The van der Waals surface area contributed by atoms with Gasteiger partial charge in [0, 0.05) is 25.4 Å². The average molecular weight is 183 g/mol. The lowest BCUT2D eigenvalue weighted by Crippen LogP contribution is -2.17. The van der Waals surface area contributed by atoms with Gasteiger partial charge in [-0.05, 0) is 18.9 Å². The molecular weight excluding hydrogens is 166 g/mol. The second-order valence-corrected chi connectivity index (χ2v) is 3.10. The molecule has 0 aliphatic carbocycles. The number of aromatic nitrogens is 2. The predicted molar refractivity (Wildman–Crippen MR) is 51.1 cm³/mol. The van der Waals surface area contributed by atoms with E-state index in [1.807, 2.05) is 10.7 Å². The molecule has 74 valence electrons. The summed E-state index contributed by atoms with van der Waals surface area (Å²) in [6.45, 7) is 3.11. The van der Waals surface area contributed by atoms with Crippen molar-refractivity contribution in [2.75, 3.05) is 6.61 Å². The van der Waals surface area contributed by atoms with Gasteiger partial charge >= 0.3 is 0 Å². The lowest BCUT2D eigenvalue weighted by molar-refractivity contribution is 0.274. The van der Waals surface area contributed by atoms with E-state index in [0.717, 1.165) is 18.7 Å². The monoisotopic (exact) mass is 183 g/mol. The molecule has 0 aliphatic rings. The first-order chi connectivity index (χ1) is 6.29. The van der Waals surface area contributed by atoms with E-state index in [4.69, 9.17) is 10.8 Å². The Morgan fingerprint density at radius 3 is 3.08 bits per heavy atom. The molecule has 4 heteroatoms. The minimum atomic E-state index is -0.0981. The molecular formula is C9H17N3O. The predicted octanol–water partition coefficient (Wildman–Crippen LogP) is 0.675. The molecule has 0 aromatic carbocycles. The molecule has 13 heavy (non-hydrogen) atoms. The molecule has 0 saturated heterocycles. The Morgan fingerprint density at radius 2 is 2.46 bits per heavy atom. The number of aliphatic hydroxyl groups is 1. The van der Waals surface area contributed by atoms with E-state index >= 15 is 0 Å². The molecule has 0 spiro atoms. The molecule has 0 amide bonds. The number of aryl methyl sites for hydroxylation is 1. The summed E-state index contributed by atoms with van der Waals surface area (Å²) in [6, 6.07) is 1.81. The smallest absolute Gasteiger partial charge is 0.0552 e. The standard InChI is InChI=1S/C9H17N3O/c1-2-6-12-9(3-5-11-12)8(10)4-7-13/h3,5,8,13H,2,4,6-7,10H2,1H3. The molecule has 3 N–H and O–H groups in total. The van der Waals surface area contributed by atoms with E-state index in [1.165, 1.54) is 0 Å². The maximum Gasteiger partial charge on any atom is 0.0552 e. The number of aliphatic hydroxyl groups excluding tert-OH is 1. The van der Waals surface area contributed by atoms with Crippen molar-refractivity contribution in [3.05, 3.63) is 18.0 Å². The normalized spacial score (nSPS) is 13.2. The highest BCUT2D eigenvalue weighted by Gasteiger charge is 2.09. The Morgan fingerprint density at radius 1 is 1.69 bits per heavy atom. The molecule has 0 bridgehead atoms. The van der Waals surface area contributed by atoms with Crippen molar-refractivity contribution in [3.8, 4) is 0 Å². The summed E-state index contributed by atoms with van der Waals surface area (Å²) in [5.74, 6) is 0. The minimum absolute atomic E-state index is 0.0981. The third kappa shape index (κ3) is 2.54.